The number of hydrogen-bond acceptors (Lipinski definition) is 4. The first-order chi connectivity index (χ1) is 12.7. The fourth-order valence-corrected chi connectivity index (χ4v) is 3.79. The molecule has 0 spiro atoms. The number of carbonyl (C=O) groups excluding carboxylic acids is 1. The van der Waals surface area contributed by atoms with Gasteiger partial charge in [0.05, 0.1) is 5.41 Å². The maximum atomic E-state index is 12.9. The van der Waals surface area contributed by atoms with Crippen molar-refractivity contribution in [2.24, 2.45) is 0 Å². The lowest BCUT2D eigenvalue weighted by atomic mass is 9.94. The number of aromatic nitrogens is 1. The van der Waals surface area contributed by atoms with Gasteiger partial charge in [-0.2, -0.15) is 0 Å². The molecular weight excluding hydrogens is 328 g/mol. The normalized spacial score (nSPS) is 19.2. The number of benzene rings is 1. The zero-order valence-corrected chi connectivity index (χ0v) is 14.5. The summed E-state index contributed by atoms with van der Waals surface area (Å²) in [6.07, 6.45) is 9.27. The van der Waals surface area contributed by atoms with Gasteiger partial charge in [0.25, 0.3) is 0 Å². The van der Waals surface area contributed by atoms with Gasteiger partial charge in [-0.05, 0) is 73.1 Å². The van der Waals surface area contributed by atoms with E-state index < -0.39 is 5.41 Å². The Hall–Kier alpha value is -2.82. The lowest BCUT2D eigenvalue weighted by molar-refractivity contribution is -0.118. The summed E-state index contributed by atoms with van der Waals surface area (Å²) >= 11 is 0. The van der Waals surface area contributed by atoms with E-state index in [0.717, 1.165) is 42.6 Å². The fraction of sp³-hybridized carbons (Fsp3) is 0.333. The van der Waals surface area contributed by atoms with E-state index in [1.165, 1.54) is 12.0 Å². The van der Waals surface area contributed by atoms with E-state index in [2.05, 4.69) is 16.4 Å². The van der Waals surface area contributed by atoms with Gasteiger partial charge in [-0.25, -0.2) is 4.98 Å². The van der Waals surface area contributed by atoms with Crippen LogP contribution in [0.15, 0.2) is 42.6 Å². The molecule has 1 saturated carbocycles. The average Bonchev–Trinajstić information content (AvgIpc) is 3.08. The summed E-state index contributed by atoms with van der Waals surface area (Å²) in [7, 11) is 0. The van der Waals surface area contributed by atoms with E-state index in [1.54, 1.807) is 0 Å². The van der Waals surface area contributed by atoms with E-state index in [0.29, 0.717) is 11.6 Å². The highest BCUT2D eigenvalue weighted by molar-refractivity contribution is 6.01. The second-order valence-corrected chi connectivity index (χ2v) is 7.16. The van der Waals surface area contributed by atoms with Gasteiger partial charge in [-0.3, -0.25) is 4.79 Å². The molecule has 1 fully saturated rings. The maximum absolute atomic E-state index is 12.9. The third-order valence-electron chi connectivity index (χ3n) is 5.53. The van der Waals surface area contributed by atoms with Crippen molar-refractivity contribution in [3.8, 4) is 11.5 Å². The van der Waals surface area contributed by atoms with Gasteiger partial charge in [0.15, 0.2) is 11.5 Å². The first kappa shape index (κ1) is 15.4. The molecule has 0 atom stereocenters. The van der Waals surface area contributed by atoms with Crippen LogP contribution in [0, 0.1) is 0 Å². The predicted molar refractivity (Wildman–Crippen MR) is 98.2 cm³/mol. The van der Waals surface area contributed by atoms with Crippen molar-refractivity contribution in [3.05, 3.63) is 53.7 Å². The van der Waals surface area contributed by atoms with Crippen LogP contribution < -0.4 is 14.8 Å². The van der Waals surface area contributed by atoms with E-state index in [1.807, 2.05) is 36.5 Å². The third-order valence-corrected chi connectivity index (χ3v) is 5.53. The minimum absolute atomic E-state index is 0.00306. The second kappa shape index (κ2) is 5.87. The number of nitrogens with one attached hydrogen (secondary N) is 1. The molecule has 1 aromatic heterocycles. The molecule has 2 aliphatic carbocycles. The van der Waals surface area contributed by atoms with Gasteiger partial charge in [-0.1, -0.05) is 12.1 Å². The highest BCUT2D eigenvalue weighted by Crippen LogP contribution is 2.51. The number of allylic oxidation sites excluding steroid dienone is 2. The first-order valence-corrected chi connectivity index (χ1v) is 9.12. The van der Waals surface area contributed by atoms with Gasteiger partial charge in [0.1, 0.15) is 5.82 Å². The standard InChI is InChI=1S/C21H20N2O3/c24-20(23-19-8-5-15(12-22-19)14-3-1-2-4-14)21(9-10-21)16-6-7-17-18(11-16)26-13-25-17/h3,5-8,11-12H,1-2,4,9-10,13H2,(H,22,23,24). The minimum atomic E-state index is -0.477. The van der Waals surface area contributed by atoms with Gasteiger partial charge in [-0.15, -0.1) is 0 Å². The number of rotatable bonds is 4. The summed E-state index contributed by atoms with van der Waals surface area (Å²) in [4.78, 5) is 17.3. The molecule has 3 aliphatic rings. The number of amides is 1. The summed E-state index contributed by atoms with van der Waals surface area (Å²) < 4.78 is 10.8. The van der Waals surface area contributed by atoms with Crippen molar-refractivity contribution >= 4 is 17.3 Å². The van der Waals surface area contributed by atoms with Crippen LogP contribution >= 0.6 is 0 Å². The van der Waals surface area contributed by atoms with Crippen molar-refractivity contribution < 1.29 is 14.3 Å². The van der Waals surface area contributed by atoms with E-state index in [-0.39, 0.29) is 12.7 Å². The summed E-state index contributed by atoms with van der Waals surface area (Å²) in [5, 5.41) is 2.99. The van der Waals surface area contributed by atoms with E-state index >= 15 is 0 Å². The minimum Gasteiger partial charge on any atom is -0.454 e. The molecule has 1 aliphatic heterocycles. The molecule has 1 aromatic carbocycles. The molecule has 0 unspecified atom stereocenters. The Bertz CT molecular complexity index is 898. The van der Waals surface area contributed by atoms with Gasteiger partial charge in [0, 0.05) is 6.20 Å². The first-order valence-electron chi connectivity index (χ1n) is 9.12. The number of carbonyl (C=O) groups is 1. The summed E-state index contributed by atoms with van der Waals surface area (Å²) in [5.74, 6) is 2.05. The molecule has 1 amide bonds. The smallest absolute Gasteiger partial charge is 0.236 e. The molecule has 5 rings (SSSR count). The van der Waals surface area contributed by atoms with Crippen molar-refractivity contribution in [2.45, 2.75) is 37.5 Å². The van der Waals surface area contributed by atoms with Crippen LogP contribution in [-0.4, -0.2) is 17.7 Å². The molecule has 5 nitrogen and oxygen atoms in total. The Morgan fingerprint density at radius 2 is 2.00 bits per heavy atom. The number of hydrogen-bond donors (Lipinski definition) is 1. The van der Waals surface area contributed by atoms with Crippen LogP contribution in [0.1, 0.15) is 43.2 Å². The van der Waals surface area contributed by atoms with Crippen molar-refractivity contribution in [1.29, 1.82) is 0 Å². The van der Waals surface area contributed by atoms with E-state index in [4.69, 9.17) is 9.47 Å². The number of pyridine rings is 1. The highest BCUT2D eigenvalue weighted by atomic mass is 16.7. The topological polar surface area (TPSA) is 60.5 Å². The van der Waals surface area contributed by atoms with E-state index in [9.17, 15) is 4.79 Å². The average molecular weight is 348 g/mol. The quantitative estimate of drug-likeness (QED) is 0.905. The van der Waals surface area contributed by atoms with Crippen LogP contribution in [-0.2, 0) is 10.2 Å². The molecule has 2 heterocycles. The number of nitrogens with zero attached hydrogens (tertiary/aromatic N) is 1. The summed E-state index contributed by atoms with van der Waals surface area (Å²) in [6.45, 7) is 0.241. The van der Waals surface area contributed by atoms with Crippen LogP contribution in [0.2, 0.25) is 0 Å². The molecule has 5 heteroatoms. The number of fused-ring (bicyclic) bond motifs is 1. The second-order valence-electron chi connectivity index (χ2n) is 7.16. The number of ether oxygens (including phenoxy) is 2. The van der Waals surface area contributed by atoms with Crippen LogP contribution in [0.3, 0.4) is 0 Å². The molecule has 2 aromatic rings. The Morgan fingerprint density at radius 1 is 1.12 bits per heavy atom. The van der Waals surface area contributed by atoms with Gasteiger partial charge in [0.2, 0.25) is 12.7 Å². The Kier molecular flexibility index (Phi) is 3.48. The van der Waals surface area contributed by atoms with Crippen LogP contribution in [0.5, 0.6) is 11.5 Å². The highest BCUT2D eigenvalue weighted by Gasteiger charge is 2.51. The fourth-order valence-electron chi connectivity index (χ4n) is 3.79. The molecule has 1 N–H and O–H groups in total. The molecule has 0 radical (unpaired) electrons. The summed E-state index contributed by atoms with van der Waals surface area (Å²) in [6, 6.07) is 9.70. The molecule has 132 valence electrons. The van der Waals surface area contributed by atoms with Crippen LogP contribution in [0.25, 0.3) is 5.57 Å². The van der Waals surface area contributed by atoms with Crippen molar-refractivity contribution in [2.75, 3.05) is 12.1 Å². The largest absolute Gasteiger partial charge is 0.454 e. The van der Waals surface area contributed by atoms with Crippen molar-refractivity contribution in [3.63, 3.8) is 0 Å². The Morgan fingerprint density at radius 3 is 2.73 bits per heavy atom. The van der Waals surface area contributed by atoms with Gasteiger partial charge < -0.3 is 14.8 Å². The molecule has 26 heavy (non-hydrogen) atoms. The Balaban J connectivity index is 1.33. The van der Waals surface area contributed by atoms with Crippen molar-refractivity contribution in [1.82, 2.24) is 4.98 Å². The zero-order valence-electron chi connectivity index (χ0n) is 14.5. The summed E-state index contributed by atoms with van der Waals surface area (Å²) in [5.41, 5.74) is 3.01. The third kappa shape index (κ3) is 2.55. The lowest BCUT2D eigenvalue weighted by Gasteiger charge is -2.16. The molecular formula is C21H20N2O3. The van der Waals surface area contributed by atoms with Gasteiger partial charge >= 0.3 is 0 Å². The Labute approximate surface area is 152 Å². The zero-order chi connectivity index (χ0) is 17.6. The molecule has 0 saturated heterocycles. The SMILES string of the molecule is O=C(Nc1ccc(C2=CCCC2)cn1)C1(c2ccc3c(c2)OCO3)CC1. The maximum Gasteiger partial charge on any atom is 0.236 e. The monoisotopic (exact) mass is 348 g/mol. The molecule has 0 bridgehead atoms. The van der Waals surface area contributed by atoms with Crippen LogP contribution in [0.4, 0.5) is 5.82 Å². The predicted octanol–water partition coefficient (Wildman–Crippen LogP) is 4.05. The lowest BCUT2D eigenvalue weighted by Crippen LogP contribution is -2.28. The number of anilines is 1.